The molecule has 0 spiro atoms. The fourth-order valence-corrected chi connectivity index (χ4v) is 5.33. The molecular weight excluding hydrogens is 278 g/mol. The van der Waals surface area contributed by atoms with E-state index in [9.17, 15) is 4.21 Å². The molecule has 0 aromatic heterocycles. The summed E-state index contributed by atoms with van der Waals surface area (Å²) in [5.41, 5.74) is 2.79. The van der Waals surface area contributed by atoms with Gasteiger partial charge in [-0.2, -0.15) is 0 Å². The lowest BCUT2D eigenvalue weighted by Crippen LogP contribution is -2.40. The Morgan fingerprint density at radius 1 is 1.29 bits per heavy atom. The van der Waals surface area contributed by atoms with Crippen LogP contribution in [0.3, 0.4) is 0 Å². The fourth-order valence-electron chi connectivity index (χ4n) is 3.28. The van der Waals surface area contributed by atoms with Crippen LogP contribution in [0.4, 0.5) is 0 Å². The molecule has 0 bridgehead atoms. The molecule has 0 amide bonds. The van der Waals surface area contributed by atoms with Gasteiger partial charge in [-0.1, -0.05) is 52.0 Å². The molecule has 0 aliphatic heterocycles. The number of hydrogen-bond donors (Lipinski definition) is 1. The van der Waals surface area contributed by atoms with Gasteiger partial charge in [0.05, 0.1) is 5.25 Å². The monoisotopic (exact) mass is 307 g/mol. The van der Waals surface area contributed by atoms with Crippen LogP contribution < -0.4 is 5.32 Å². The van der Waals surface area contributed by atoms with Crippen molar-refractivity contribution in [3.8, 4) is 0 Å². The first kappa shape index (κ1) is 16.7. The molecule has 4 unspecified atom stereocenters. The van der Waals surface area contributed by atoms with Crippen LogP contribution in [0.2, 0.25) is 0 Å². The minimum absolute atomic E-state index is 0.244. The first-order chi connectivity index (χ1) is 10.0. The smallest absolute Gasteiger partial charge is 0.0548 e. The van der Waals surface area contributed by atoms with Gasteiger partial charge in [0.15, 0.2) is 0 Å². The highest BCUT2D eigenvalue weighted by Crippen LogP contribution is 2.39. The Balaban J connectivity index is 2.23. The van der Waals surface area contributed by atoms with Crippen molar-refractivity contribution in [1.29, 1.82) is 0 Å². The maximum Gasteiger partial charge on any atom is 0.0548 e. The van der Waals surface area contributed by atoms with Crippen molar-refractivity contribution in [3.05, 3.63) is 35.4 Å². The van der Waals surface area contributed by atoms with Gasteiger partial charge < -0.3 is 5.32 Å². The van der Waals surface area contributed by atoms with E-state index >= 15 is 0 Å². The molecule has 1 N–H and O–H groups in total. The lowest BCUT2D eigenvalue weighted by molar-refractivity contribution is 0.444. The molecule has 2 rings (SSSR count). The van der Waals surface area contributed by atoms with E-state index in [1.54, 1.807) is 0 Å². The molecule has 0 radical (unpaired) electrons. The highest BCUT2D eigenvalue weighted by Gasteiger charge is 2.35. The average Bonchev–Trinajstić information content (AvgIpc) is 2.47. The zero-order valence-electron chi connectivity index (χ0n) is 13.8. The van der Waals surface area contributed by atoms with E-state index in [1.165, 1.54) is 11.1 Å². The van der Waals surface area contributed by atoms with Crippen molar-refractivity contribution >= 4 is 10.8 Å². The van der Waals surface area contributed by atoms with Crippen molar-refractivity contribution in [2.24, 2.45) is 5.92 Å². The highest BCUT2D eigenvalue weighted by atomic mass is 32.2. The molecule has 2 nitrogen and oxygen atoms in total. The van der Waals surface area contributed by atoms with Crippen LogP contribution in [0.15, 0.2) is 24.3 Å². The van der Waals surface area contributed by atoms with Gasteiger partial charge in [0.25, 0.3) is 0 Å². The summed E-state index contributed by atoms with van der Waals surface area (Å²) in [6.07, 6.45) is 2.08. The normalized spacial score (nSPS) is 26.6. The number of rotatable bonds is 6. The third-order valence-electron chi connectivity index (χ3n) is 4.48. The predicted octanol–water partition coefficient (Wildman–Crippen LogP) is 4.01. The van der Waals surface area contributed by atoms with Gasteiger partial charge in [-0.05, 0) is 42.3 Å². The van der Waals surface area contributed by atoms with Crippen molar-refractivity contribution in [3.63, 3.8) is 0 Å². The van der Waals surface area contributed by atoms with Gasteiger partial charge in [0.2, 0.25) is 0 Å². The molecule has 0 heterocycles. The predicted molar refractivity (Wildman–Crippen MR) is 92.1 cm³/mol. The summed E-state index contributed by atoms with van der Waals surface area (Å²) >= 11 is 0. The molecule has 4 atom stereocenters. The van der Waals surface area contributed by atoms with E-state index in [-0.39, 0.29) is 11.3 Å². The average molecular weight is 308 g/mol. The van der Waals surface area contributed by atoms with Gasteiger partial charge in [-0.25, -0.2) is 0 Å². The van der Waals surface area contributed by atoms with E-state index in [2.05, 4.69) is 57.3 Å². The quantitative estimate of drug-likeness (QED) is 0.860. The standard InChI is InChI=1S/C18H29NOS/c1-5-19-18-16-9-7-6-8-15(16)14(4)12-17(18)21(20)11-10-13(2)3/h6-9,13-14,17-19H,5,10-12H2,1-4H3. The van der Waals surface area contributed by atoms with Crippen molar-refractivity contribution < 1.29 is 4.21 Å². The van der Waals surface area contributed by atoms with Crippen LogP contribution in [-0.2, 0) is 10.8 Å². The van der Waals surface area contributed by atoms with Gasteiger partial charge in [-0.15, -0.1) is 0 Å². The molecule has 0 fully saturated rings. The molecule has 0 saturated carbocycles. The molecule has 3 heteroatoms. The Morgan fingerprint density at radius 3 is 2.57 bits per heavy atom. The molecule has 1 aromatic rings. The van der Waals surface area contributed by atoms with Crippen molar-refractivity contribution in [1.82, 2.24) is 5.32 Å². The Bertz CT molecular complexity index is 486. The SMILES string of the molecule is CCNC1c2ccccc2C(C)CC1S(=O)CCC(C)C. The molecule has 21 heavy (non-hydrogen) atoms. The fraction of sp³-hybridized carbons (Fsp3) is 0.667. The summed E-state index contributed by atoms with van der Waals surface area (Å²) in [5.74, 6) is 1.96. The number of nitrogens with one attached hydrogen (secondary N) is 1. The topological polar surface area (TPSA) is 29.1 Å². The van der Waals surface area contributed by atoms with Crippen molar-refractivity contribution in [2.75, 3.05) is 12.3 Å². The Labute approximate surface area is 132 Å². The minimum Gasteiger partial charge on any atom is -0.309 e. The van der Waals surface area contributed by atoms with Crippen LogP contribution in [0.25, 0.3) is 0 Å². The zero-order chi connectivity index (χ0) is 15.4. The summed E-state index contributed by atoms with van der Waals surface area (Å²) in [6, 6.07) is 8.92. The molecule has 1 aliphatic carbocycles. The maximum absolute atomic E-state index is 12.8. The second-order valence-electron chi connectivity index (χ2n) is 6.61. The second-order valence-corrected chi connectivity index (χ2v) is 8.38. The summed E-state index contributed by atoms with van der Waals surface area (Å²) in [4.78, 5) is 0. The van der Waals surface area contributed by atoms with Gasteiger partial charge >= 0.3 is 0 Å². The Kier molecular flexibility index (Phi) is 6.00. The second kappa shape index (κ2) is 7.55. The maximum atomic E-state index is 12.8. The van der Waals surface area contributed by atoms with Crippen LogP contribution in [0.5, 0.6) is 0 Å². The van der Waals surface area contributed by atoms with E-state index in [0.717, 1.165) is 25.1 Å². The first-order valence-electron chi connectivity index (χ1n) is 8.24. The van der Waals surface area contributed by atoms with Crippen LogP contribution in [-0.4, -0.2) is 21.8 Å². The van der Waals surface area contributed by atoms with Gasteiger partial charge in [0.1, 0.15) is 0 Å². The lowest BCUT2D eigenvalue weighted by atomic mass is 9.80. The molecule has 118 valence electrons. The van der Waals surface area contributed by atoms with E-state index in [4.69, 9.17) is 0 Å². The van der Waals surface area contributed by atoms with Crippen LogP contribution in [0, 0.1) is 5.92 Å². The Morgan fingerprint density at radius 2 is 1.95 bits per heavy atom. The van der Waals surface area contributed by atoms with Crippen molar-refractivity contribution in [2.45, 2.75) is 57.7 Å². The van der Waals surface area contributed by atoms with Gasteiger partial charge in [-0.3, -0.25) is 4.21 Å². The molecule has 1 aromatic carbocycles. The first-order valence-corrected chi connectivity index (χ1v) is 9.62. The summed E-state index contributed by atoms with van der Waals surface area (Å²) in [7, 11) is -0.749. The molecule has 1 aliphatic rings. The molecule has 0 saturated heterocycles. The number of hydrogen-bond acceptors (Lipinski definition) is 2. The van der Waals surface area contributed by atoms with Gasteiger partial charge in [0, 0.05) is 22.6 Å². The van der Waals surface area contributed by atoms with Crippen LogP contribution in [0.1, 0.15) is 63.6 Å². The number of fused-ring (bicyclic) bond motifs is 1. The minimum atomic E-state index is -0.749. The van der Waals surface area contributed by atoms with Crippen LogP contribution >= 0.6 is 0 Å². The van der Waals surface area contributed by atoms with E-state index in [1.807, 2.05) is 0 Å². The lowest BCUT2D eigenvalue weighted by Gasteiger charge is -2.37. The third kappa shape index (κ3) is 3.95. The summed E-state index contributed by atoms with van der Waals surface area (Å²) < 4.78 is 12.8. The largest absolute Gasteiger partial charge is 0.309 e. The third-order valence-corrected chi connectivity index (χ3v) is 6.26. The Hall–Kier alpha value is -0.670. The summed E-state index contributed by atoms with van der Waals surface area (Å²) in [5, 5.41) is 3.83. The zero-order valence-corrected chi connectivity index (χ0v) is 14.6. The molecular formula is C18H29NOS. The highest BCUT2D eigenvalue weighted by molar-refractivity contribution is 7.85. The number of benzene rings is 1. The van der Waals surface area contributed by atoms with E-state index < -0.39 is 10.8 Å². The summed E-state index contributed by atoms with van der Waals surface area (Å²) in [6.45, 7) is 9.74. The van der Waals surface area contributed by atoms with E-state index in [0.29, 0.717) is 11.8 Å².